The largest absolute Gasteiger partial charge is 0.397 e. The van der Waals surface area contributed by atoms with E-state index in [1.165, 1.54) is 6.20 Å². The maximum atomic E-state index is 11.6. The molecule has 0 fully saturated rings. The molecular weight excluding hydrogens is 226 g/mol. The van der Waals surface area contributed by atoms with Gasteiger partial charge in [-0.25, -0.2) is 4.98 Å². The van der Waals surface area contributed by atoms with Crippen LogP contribution >= 0.6 is 0 Å². The van der Waals surface area contributed by atoms with Gasteiger partial charge in [-0.2, -0.15) is 0 Å². The standard InChI is InChI=1S/C10H15N3O2S/c1-7(6-16(2)15)13-10(14)9-4-3-8(11)5-12-9/h3-5,7H,6,11H2,1-2H3,(H,13,14). The molecule has 5 nitrogen and oxygen atoms in total. The van der Waals surface area contributed by atoms with Crippen LogP contribution in [0.2, 0.25) is 0 Å². The number of anilines is 1. The Labute approximate surface area is 96.9 Å². The van der Waals surface area contributed by atoms with Crippen molar-refractivity contribution in [3.05, 3.63) is 24.0 Å². The normalized spacial score (nSPS) is 14.1. The van der Waals surface area contributed by atoms with Crippen LogP contribution in [0.25, 0.3) is 0 Å². The third-order valence-corrected chi connectivity index (χ3v) is 2.85. The summed E-state index contributed by atoms with van der Waals surface area (Å²) in [5.41, 5.74) is 6.28. The molecule has 1 aromatic rings. The monoisotopic (exact) mass is 241 g/mol. The van der Waals surface area contributed by atoms with E-state index in [0.29, 0.717) is 17.1 Å². The second kappa shape index (κ2) is 5.60. The number of carbonyl (C=O) groups excluding carboxylic acids is 1. The van der Waals surface area contributed by atoms with Gasteiger partial charge >= 0.3 is 0 Å². The van der Waals surface area contributed by atoms with Crippen LogP contribution in [0.5, 0.6) is 0 Å². The minimum absolute atomic E-state index is 0.141. The van der Waals surface area contributed by atoms with Gasteiger partial charge in [-0.05, 0) is 19.1 Å². The fourth-order valence-corrected chi connectivity index (χ4v) is 2.02. The number of nitrogens with zero attached hydrogens (tertiary/aromatic N) is 1. The van der Waals surface area contributed by atoms with E-state index in [0.717, 1.165) is 0 Å². The van der Waals surface area contributed by atoms with Crippen LogP contribution in [0.15, 0.2) is 18.3 Å². The second-order valence-electron chi connectivity index (χ2n) is 3.59. The van der Waals surface area contributed by atoms with E-state index in [4.69, 9.17) is 5.73 Å². The Kier molecular flexibility index (Phi) is 4.42. The molecule has 1 rings (SSSR count). The van der Waals surface area contributed by atoms with Crippen molar-refractivity contribution < 1.29 is 9.00 Å². The van der Waals surface area contributed by atoms with Crippen molar-refractivity contribution in [1.82, 2.24) is 10.3 Å². The number of nitrogens with two attached hydrogens (primary N) is 1. The molecule has 0 aromatic carbocycles. The highest BCUT2D eigenvalue weighted by Crippen LogP contribution is 2.01. The summed E-state index contributed by atoms with van der Waals surface area (Å²) in [7, 11) is -0.927. The highest BCUT2D eigenvalue weighted by atomic mass is 32.2. The number of hydrogen-bond acceptors (Lipinski definition) is 4. The summed E-state index contributed by atoms with van der Waals surface area (Å²) in [5, 5.41) is 2.71. The molecule has 6 heteroatoms. The Morgan fingerprint density at radius 2 is 2.31 bits per heavy atom. The Morgan fingerprint density at radius 3 is 2.81 bits per heavy atom. The highest BCUT2D eigenvalue weighted by Gasteiger charge is 2.11. The van der Waals surface area contributed by atoms with Gasteiger partial charge < -0.3 is 11.1 Å². The summed E-state index contributed by atoms with van der Waals surface area (Å²) in [4.78, 5) is 15.5. The number of amides is 1. The summed E-state index contributed by atoms with van der Waals surface area (Å²) in [6.07, 6.45) is 3.03. The minimum atomic E-state index is -0.927. The molecule has 0 bridgehead atoms. The molecular formula is C10H15N3O2S. The molecule has 1 amide bonds. The third-order valence-electron chi connectivity index (χ3n) is 1.88. The van der Waals surface area contributed by atoms with Crippen LogP contribution in [0, 0.1) is 0 Å². The van der Waals surface area contributed by atoms with Crippen molar-refractivity contribution in [3.63, 3.8) is 0 Å². The molecule has 0 aliphatic rings. The molecule has 2 unspecified atom stereocenters. The van der Waals surface area contributed by atoms with Gasteiger partial charge in [0.15, 0.2) is 0 Å². The molecule has 0 saturated heterocycles. The number of aromatic nitrogens is 1. The van der Waals surface area contributed by atoms with Gasteiger partial charge in [0, 0.05) is 28.9 Å². The van der Waals surface area contributed by atoms with E-state index in [1.807, 2.05) is 0 Å². The lowest BCUT2D eigenvalue weighted by Gasteiger charge is -2.11. The quantitative estimate of drug-likeness (QED) is 0.786. The van der Waals surface area contributed by atoms with Gasteiger partial charge in [-0.15, -0.1) is 0 Å². The first-order valence-electron chi connectivity index (χ1n) is 4.81. The van der Waals surface area contributed by atoms with Crippen molar-refractivity contribution in [2.45, 2.75) is 13.0 Å². The number of nitrogen functional groups attached to an aromatic ring is 1. The van der Waals surface area contributed by atoms with Crippen LogP contribution in [0.1, 0.15) is 17.4 Å². The number of pyridine rings is 1. The average Bonchev–Trinajstić information content (AvgIpc) is 2.16. The molecule has 88 valence electrons. The first-order valence-corrected chi connectivity index (χ1v) is 6.54. The molecule has 0 radical (unpaired) electrons. The first kappa shape index (κ1) is 12.6. The van der Waals surface area contributed by atoms with Gasteiger partial charge in [0.05, 0.1) is 11.9 Å². The number of nitrogens with one attached hydrogen (secondary N) is 1. The average molecular weight is 241 g/mol. The highest BCUT2D eigenvalue weighted by molar-refractivity contribution is 7.84. The van der Waals surface area contributed by atoms with E-state index in [2.05, 4.69) is 10.3 Å². The van der Waals surface area contributed by atoms with Crippen LogP contribution in [0.3, 0.4) is 0 Å². The Morgan fingerprint density at radius 1 is 1.62 bits per heavy atom. The van der Waals surface area contributed by atoms with Crippen LogP contribution in [-0.2, 0) is 10.8 Å². The van der Waals surface area contributed by atoms with E-state index in [1.54, 1.807) is 25.3 Å². The zero-order valence-electron chi connectivity index (χ0n) is 9.27. The fourth-order valence-electron chi connectivity index (χ4n) is 1.23. The topological polar surface area (TPSA) is 85.1 Å². The van der Waals surface area contributed by atoms with Crippen molar-refractivity contribution in [2.75, 3.05) is 17.7 Å². The van der Waals surface area contributed by atoms with E-state index >= 15 is 0 Å². The van der Waals surface area contributed by atoms with Gasteiger partial charge in [-0.3, -0.25) is 9.00 Å². The summed E-state index contributed by atoms with van der Waals surface area (Å²) < 4.78 is 10.9. The van der Waals surface area contributed by atoms with Crippen LogP contribution < -0.4 is 11.1 Å². The number of rotatable bonds is 4. The van der Waals surface area contributed by atoms with Crippen molar-refractivity contribution in [3.8, 4) is 0 Å². The number of carbonyl (C=O) groups is 1. The van der Waals surface area contributed by atoms with Crippen molar-refractivity contribution in [2.24, 2.45) is 0 Å². The van der Waals surface area contributed by atoms with Gasteiger partial charge in [0.1, 0.15) is 5.69 Å². The molecule has 0 aliphatic carbocycles. The lowest BCUT2D eigenvalue weighted by molar-refractivity contribution is 0.0939. The summed E-state index contributed by atoms with van der Waals surface area (Å²) >= 11 is 0. The van der Waals surface area contributed by atoms with Gasteiger partial charge in [0.2, 0.25) is 0 Å². The van der Waals surface area contributed by atoms with Crippen LogP contribution in [-0.4, -0.2) is 33.2 Å². The Balaban J connectivity index is 2.58. The predicted octanol–water partition coefficient (Wildman–Crippen LogP) is 0.161. The fraction of sp³-hybridized carbons (Fsp3) is 0.400. The molecule has 3 N–H and O–H groups in total. The van der Waals surface area contributed by atoms with E-state index in [-0.39, 0.29) is 11.9 Å². The molecule has 0 aliphatic heterocycles. The Bertz CT molecular complexity index is 392. The molecule has 16 heavy (non-hydrogen) atoms. The second-order valence-corrected chi connectivity index (χ2v) is 5.07. The van der Waals surface area contributed by atoms with Crippen LogP contribution in [0.4, 0.5) is 5.69 Å². The zero-order chi connectivity index (χ0) is 12.1. The summed E-state index contributed by atoms with van der Waals surface area (Å²) in [5.74, 6) is 0.152. The minimum Gasteiger partial charge on any atom is -0.397 e. The van der Waals surface area contributed by atoms with E-state index in [9.17, 15) is 9.00 Å². The third kappa shape index (κ3) is 3.98. The first-order chi connectivity index (χ1) is 7.49. The predicted molar refractivity (Wildman–Crippen MR) is 64.5 cm³/mol. The maximum absolute atomic E-state index is 11.6. The summed E-state index contributed by atoms with van der Waals surface area (Å²) in [6, 6.07) is 3.03. The van der Waals surface area contributed by atoms with Crippen molar-refractivity contribution >= 4 is 22.4 Å². The van der Waals surface area contributed by atoms with Crippen molar-refractivity contribution in [1.29, 1.82) is 0 Å². The smallest absolute Gasteiger partial charge is 0.270 e. The molecule has 1 aromatic heterocycles. The molecule has 1 heterocycles. The molecule has 0 saturated carbocycles. The maximum Gasteiger partial charge on any atom is 0.270 e. The molecule has 2 atom stereocenters. The Hall–Kier alpha value is -1.43. The van der Waals surface area contributed by atoms with Gasteiger partial charge in [0.25, 0.3) is 5.91 Å². The lowest BCUT2D eigenvalue weighted by Crippen LogP contribution is -2.36. The van der Waals surface area contributed by atoms with E-state index < -0.39 is 10.8 Å². The SMILES string of the molecule is CC(CS(C)=O)NC(=O)c1ccc(N)cn1. The molecule has 0 spiro atoms. The number of hydrogen-bond donors (Lipinski definition) is 2. The zero-order valence-corrected chi connectivity index (χ0v) is 10.1. The van der Waals surface area contributed by atoms with Gasteiger partial charge in [-0.1, -0.05) is 0 Å². The summed E-state index contributed by atoms with van der Waals surface area (Å²) in [6.45, 7) is 1.80. The lowest BCUT2D eigenvalue weighted by atomic mass is 10.3.